The molecule has 0 atom stereocenters. The number of rotatable bonds is 3. The fourth-order valence-electron chi connectivity index (χ4n) is 3.25. The van der Waals surface area contributed by atoms with Crippen LogP contribution in [0.3, 0.4) is 0 Å². The van der Waals surface area contributed by atoms with Crippen LogP contribution < -0.4 is 4.74 Å². The highest BCUT2D eigenvalue weighted by Crippen LogP contribution is 2.44. The average molecular weight is 293 g/mol. The second-order valence-electron chi connectivity index (χ2n) is 5.98. The largest absolute Gasteiger partial charge is 0.489 e. The maximum atomic E-state index is 5.96. The van der Waals surface area contributed by atoms with E-state index in [2.05, 4.69) is 35.5 Å². The fraction of sp³-hybridized carbons (Fsp3) is 0.316. The van der Waals surface area contributed by atoms with Crippen molar-refractivity contribution in [2.45, 2.75) is 24.9 Å². The molecule has 0 radical (unpaired) electrons. The molecule has 1 fully saturated rings. The molecule has 22 heavy (non-hydrogen) atoms. The van der Waals surface area contributed by atoms with E-state index in [0.717, 1.165) is 37.5 Å². The molecule has 0 unspecified atom stereocenters. The Kier molecular flexibility index (Phi) is 3.43. The highest BCUT2D eigenvalue weighted by molar-refractivity contribution is 5.85. The summed E-state index contributed by atoms with van der Waals surface area (Å²) in [7, 11) is 0. The van der Waals surface area contributed by atoms with Gasteiger partial charge < -0.3 is 9.47 Å². The smallest absolute Gasteiger partial charge is 0.120 e. The molecule has 0 N–H and O–H groups in total. The fourth-order valence-corrected chi connectivity index (χ4v) is 3.25. The molecular weight excluding hydrogens is 274 g/mol. The van der Waals surface area contributed by atoms with Crippen molar-refractivity contribution in [2.75, 3.05) is 13.2 Å². The van der Waals surface area contributed by atoms with Crippen molar-refractivity contribution < 1.29 is 9.47 Å². The topological polar surface area (TPSA) is 30.8 Å². The van der Waals surface area contributed by atoms with Gasteiger partial charge in [0.15, 0.2) is 0 Å². The standard InChI is InChI=1S/C19H19NO2/c1-2-4-15(5-3-1)13-22-16-6-7-18-17(12-16)19(14-20-18)8-10-21-11-9-19/h1-7,12,14H,8-11,13H2. The van der Waals surface area contributed by atoms with E-state index in [4.69, 9.17) is 9.47 Å². The van der Waals surface area contributed by atoms with Crippen LogP contribution in [0.4, 0.5) is 5.69 Å². The summed E-state index contributed by atoms with van der Waals surface area (Å²) in [6.45, 7) is 2.21. The van der Waals surface area contributed by atoms with Gasteiger partial charge in [0.2, 0.25) is 0 Å². The summed E-state index contributed by atoms with van der Waals surface area (Å²) < 4.78 is 11.5. The van der Waals surface area contributed by atoms with Crippen molar-refractivity contribution in [2.24, 2.45) is 4.99 Å². The van der Waals surface area contributed by atoms with Gasteiger partial charge in [-0.25, -0.2) is 0 Å². The molecule has 0 bridgehead atoms. The first-order chi connectivity index (χ1) is 10.9. The molecule has 3 nitrogen and oxygen atoms in total. The van der Waals surface area contributed by atoms with Gasteiger partial charge in [-0.3, -0.25) is 4.99 Å². The molecule has 2 aliphatic rings. The molecule has 2 aromatic carbocycles. The summed E-state index contributed by atoms with van der Waals surface area (Å²) in [5, 5.41) is 0. The zero-order chi connectivity index (χ0) is 14.8. The molecule has 0 saturated carbocycles. The monoisotopic (exact) mass is 293 g/mol. The number of benzene rings is 2. The third-order valence-corrected chi connectivity index (χ3v) is 4.59. The molecule has 3 heteroatoms. The quantitative estimate of drug-likeness (QED) is 0.855. The lowest BCUT2D eigenvalue weighted by Crippen LogP contribution is -2.33. The van der Waals surface area contributed by atoms with E-state index < -0.39 is 0 Å². The highest BCUT2D eigenvalue weighted by Gasteiger charge is 2.38. The Hall–Kier alpha value is -2.13. The van der Waals surface area contributed by atoms with Gasteiger partial charge in [-0.2, -0.15) is 0 Å². The second kappa shape index (κ2) is 5.58. The van der Waals surface area contributed by atoms with Crippen LogP contribution in [0.2, 0.25) is 0 Å². The third-order valence-electron chi connectivity index (χ3n) is 4.59. The zero-order valence-electron chi connectivity index (χ0n) is 12.5. The molecular formula is C19H19NO2. The van der Waals surface area contributed by atoms with Crippen LogP contribution in [0, 0.1) is 0 Å². The molecule has 2 aromatic rings. The van der Waals surface area contributed by atoms with Gasteiger partial charge in [-0.05, 0) is 42.2 Å². The van der Waals surface area contributed by atoms with Crippen molar-refractivity contribution in [1.82, 2.24) is 0 Å². The van der Waals surface area contributed by atoms with Crippen LogP contribution >= 0.6 is 0 Å². The third kappa shape index (κ3) is 2.42. The maximum Gasteiger partial charge on any atom is 0.120 e. The summed E-state index contributed by atoms with van der Waals surface area (Å²) in [4.78, 5) is 4.60. The minimum Gasteiger partial charge on any atom is -0.489 e. The van der Waals surface area contributed by atoms with Crippen LogP contribution in [0.1, 0.15) is 24.0 Å². The van der Waals surface area contributed by atoms with Crippen LogP contribution in [0.15, 0.2) is 53.5 Å². The average Bonchev–Trinajstić information content (AvgIpc) is 2.93. The number of hydrogen-bond donors (Lipinski definition) is 0. The van der Waals surface area contributed by atoms with E-state index in [1.807, 2.05) is 24.3 Å². The Morgan fingerprint density at radius 1 is 1.05 bits per heavy atom. The second-order valence-corrected chi connectivity index (χ2v) is 5.98. The van der Waals surface area contributed by atoms with Crippen LogP contribution in [-0.2, 0) is 16.8 Å². The number of hydrogen-bond acceptors (Lipinski definition) is 3. The molecule has 1 spiro atoms. The van der Waals surface area contributed by atoms with E-state index in [-0.39, 0.29) is 5.41 Å². The maximum absolute atomic E-state index is 5.96. The molecule has 0 aliphatic carbocycles. The molecule has 0 amide bonds. The normalized spacial score (nSPS) is 18.4. The van der Waals surface area contributed by atoms with Crippen molar-refractivity contribution >= 4 is 11.9 Å². The molecule has 4 rings (SSSR count). The number of fused-ring (bicyclic) bond motifs is 2. The zero-order valence-corrected chi connectivity index (χ0v) is 12.5. The number of nitrogens with zero attached hydrogens (tertiary/aromatic N) is 1. The van der Waals surface area contributed by atoms with Crippen LogP contribution in [-0.4, -0.2) is 19.4 Å². The lowest BCUT2D eigenvalue weighted by molar-refractivity contribution is 0.0729. The first-order valence-electron chi connectivity index (χ1n) is 7.80. The summed E-state index contributed by atoms with van der Waals surface area (Å²) in [5.74, 6) is 0.916. The lowest BCUT2D eigenvalue weighted by atomic mass is 9.76. The first kappa shape index (κ1) is 13.5. The van der Waals surface area contributed by atoms with Gasteiger partial charge in [0.05, 0.1) is 5.69 Å². The molecule has 112 valence electrons. The van der Waals surface area contributed by atoms with Crippen molar-refractivity contribution in [3.05, 3.63) is 59.7 Å². The molecule has 2 heterocycles. The van der Waals surface area contributed by atoms with Gasteiger partial charge in [0, 0.05) is 24.8 Å². The van der Waals surface area contributed by atoms with Gasteiger partial charge in [0.25, 0.3) is 0 Å². The minimum absolute atomic E-state index is 0.0553. The van der Waals surface area contributed by atoms with Gasteiger partial charge in [0.1, 0.15) is 12.4 Å². The summed E-state index contributed by atoms with van der Waals surface area (Å²) in [6.07, 6.45) is 4.12. The predicted molar refractivity (Wildman–Crippen MR) is 87.1 cm³/mol. The van der Waals surface area contributed by atoms with E-state index in [1.165, 1.54) is 11.1 Å². The Morgan fingerprint density at radius 3 is 2.68 bits per heavy atom. The van der Waals surface area contributed by atoms with E-state index in [9.17, 15) is 0 Å². The number of ether oxygens (including phenoxy) is 2. The van der Waals surface area contributed by atoms with Gasteiger partial charge in [-0.1, -0.05) is 30.3 Å². The van der Waals surface area contributed by atoms with E-state index in [0.29, 0.717) is 6.61 Å². The van der Waals surface area contributed by atoms with Gasteiger partial charge in [-0.15, -0.1) is 0 Å². The SMILES string of the molecule is C1=Nc2ccc(OCc3ccccc3)cc2C12CCOCC2. The molecule has 0 aromatic heterocycles. The molecule has 1 saturated heterocycles. The van der Waals surface area contributed by atoms with E-state index in [1.54, 1.807) is 0 Å². The molecule has 2 aliphatic heterocycles. The van der Waals surface area contributed by atoms with Crippen molar-refractivity contribution in [1.29, 1.82) is 0 Å². The predicted octanol–water partition coefficient (Wildman–Crippen LogP) is 4.03. The Bertz CT molecular complexity index is 688. The van der Waals surface area contributed by atoms with Gasteiger partial charge >= 0.3 is 0 Å². The Labute approximate surface area is 130 Å². The van der Waals surface area contributed by atoms with Crippen molar-refractivity contribution in [3.8, 4) is 5.75 Å². The van der Waals surface area contributed by atoms with Crippen LogP contribution in [0.5, 0.6) is 5.75 Å². The minimum atomic E-state index is 0.0553. The summed E-state index contributed by atoms with van der Waals surface area (Å²) in [6, 6.07) is 16.5. The Balaban J connectivity index is 1.55. The lowest BCUT2D eigenvalue weighted by Gasteiger charge is -2.31. The first-order valence-corrected chi connectivity index (χ1v) is 7.80. The van der Waals surface area contributed by atoms with Crippen LogP contribution in [0.25, 0.3) is 0 Å². The summed E-state index contributed by atoms with van der Waals surface area (Å²) >= 11 is 0. The summed E-state index contributed by atoms with van der Waals surface area (Å²) in [5.41, 5.74) is 3.61. The highest BCUT2D eigenvalue weighted by atomic mass is 16.5. The number of aliphatic imine (C=N–C) groups is 1. The Morgan fingerprint density at radius 2 is 1.86 bits per heavy atom. The van der Waals surface area contributed by atoms with Crippen molar-refractivity contribution in [3.63, 3.8) is 0 Å². The van der Waals surface area contributed by atoms with E-state index >= 15 is 0 Å².